The molecule has 66 valence electrons. The first-order valence-electron chi connectivity index (χ1n) is 3.42. The highest BCUT2D eigenvalue weighted by molar-refractivity contribution is 5.47. The van der Waals surface area contributed by atoms with E-state index in [-0.39, 0.29) is 5.95 Å². The van der Waals surface area contributed by atoms with E-state index in [4.69, 9.17) is 11.5 Å². The monoisotopic (exact) mass is 168 g/mol. The van der Waals surface area contributed by atoms with Crippen LogP contribution in [0.25, 0.3) is 0 Å². The number of nitrogens with two attached hydrogens (primary N) is 2. The molecule has 0 unspecified atom stereocenters. The minimum Gasteiger partial charge on any atom is -0.383 e. The second kappa shape index (κ2) is 3.22. The van der Waals surface area contributed by atoms with Crippen LogP contribution in [0.4, 0.5) is 17.6 Å². The number of hydrogen-bond acceptors (Lipinski definition) is 6. The molecule has 0 amide bonds. The summed E-state index contributed by atoms with van der Waals surface area (Å²) in [5, 5.41) is 1.74. The van der Waals surface area contributed by atoms with E-state index in [0.717, 1.165) is 0 Å². The highest BCUT2D eigenvalue weighted by atomic mass is 15.5. The summed E-state index contributed by atoms with van der Waals surface area (Å²) in [6.45, 7) is 0. The van der Waals surface area contributed by atoms with Gasteiger partial charge in [-0.25, -0.2) is 5.01 Å². The first kappa shape index (κ1) is 8.54. The van der Waals surface area contributed by atoms with E-state index >= 15 is 0 Å². The van der Waals surface area contributed by atoms with E-state index in [9.17, 15) is 0 Å². The summed E-state index contributed by atoms with van der Waals surface area (Å²) in [4.78, 5) is 7.64. The molecule has 0 aliphatic rings. The second-order valence-electron chi connectivity index (χ2n) is 2.54. The predicted octanol–water partition coefficient (Wildman–Crippen LogP) is -0.470. The number of rotatable bonds is 2. The van der Waals surface area contributed by atoms with Gasteiger partial charge < -0.3 is 16.9 Å². The lowest BCUT2D eigenvalue weighted by atomic mass is 10.5. The molecular formula is C6H12N6. The van der Waals surface area contributed by atoms with E-state index in [1.807, 2.05) is 14.1 Å². The van der Waals surface area contributed by atoms with Gasteiger partial charge in [-0.05, 0) is 0 Å². The molecule has 6 nitrogen and oxygen atoms in total. The maximum absolute atomic E-state index is 5.45. The van der Waals surface area contributed by atoms with E-state index in [1.54, 1.807) is 11.1 Å². The van der Waals surface area contributed by atoms with Gasteiger partial charge in [-0.15, -0.1) is 0 Å². The fourth-order valence-corrected chi connectivity index (χ4v) is 0.772. The Hall–Kier alpha value is -1.56. The third kappa shape index (κ3) is 2.24. The van der Waals surface area contributed by atoms with Crippen molar-refractivity contribution < 1.29 is 0 Å². The summed E-state index contributed by atoms with van der Waals surface area (Å²) in [6.07, 6.45) is 0. The minimum absolute atomic E-state index is 0.166. The van der Waals surface area contributed by atoms with Crippen LogP contribution in [0, 0.1) is 0 Å². The van der Waals surface area contributed by atoms with Crippen molar-refractivity contribution in [2.45, 2.75) is 0 Å². The van der Waals surface area contributed by atoms with Gasteiger partial charge in [0.15, 0.2) is 0 Å². The Labute approximate surface area is 70.6 Å². The number of nitrogen functional groups attached to an aromatic ring is 2. The van der Waals surface area contributed by atoms with Gasteiger partial charge in [-0.3, -0.25) is 0 Å². The Balaban J connectivity index is 2.85. The molecule has 1 rings (SSSR count). The Morgan fingerprint density at radius 2 is 2.00 bits per heavy atom. The molecule has 0 bridgehead atoms. The van der Waals surface area contributed by atoms with E-state index in [2.05, 4.69) is 15.4 Å². The van der Waals surface area contributed by atoms with Crippen molar-refractivity contribution in [2.24, 2.45) is 0 Å². The van der Waals surface area contributed by atoms with Crippen molar-refractivity contribution in [3.05, 3.63) is 6.07 Å². The molecule has 6 heteroatoms. The van der Waals surface area contributed by atoms with Crippen molar-refractivity contribution in [3.63, 3.8) is 0 Å². The topological polar surface area (TPSA) is 93.1 Å². The highest BCUT2D eigenvalue weighted by Crippen LogP contribution is 2.08. The first-order valence-corrected chi connectivity index (χ1v) is 3.42. The van der Waals surface area contributed by atoms with Crippen LogP contribution in [0.5, 0.6) is 0 Å². The summed E-state index contributed by atoms with van der Waals surface area (Å²) in [7, 11) is 3.68. The molecule has 0 atom stereocenters. The molecule has 1 aromatic rings. The third-order valence-corrected chi connectivity index (χ3v) is 1.10. The molecule has 5 N–H and O–H groups in total. The van der Waals surface area contributed by atoms with Gasteiger partial charge in [0.25, 0.3) is 0 Å². The number of nitrogens with zero attached hydrogens (tertiary/aromatic N) is 3. The maximum atomic E-state index is 5.45. The lowest BCUT2D eigenvalue weighted by Crippen LogP contribution is -2.21. The van der Waals surface area contributed by atoms with Crippen LogP contribution in [-0.4, -0.2) is 29.1 Å². The van der Waals surface area contributed by atoms with Gasteiger partial charge in [0.05, 0.1) is 0 Å². The van der Waals surface area contributed by atoms with E-state index in [1.165, 1.54) is 0 Å². The minimum atomic E-state index is 0.166. The molecule has 0 spiro atoms. The van der Waals surface area contributed by atoms with Crippen LogP contribution in [0.3, 0.4) is 0 Å². The molecule has 0 aromatic carbocycles. The van der Waals surface area contributed by atoms with Crippen molar-refractivity contribution in [2.75, 3.05) is 31.0 Å². The summed E-state index contributed by atoms with van der Waals surface area (Å²) < 4.78 is 0. The Morgan fingerprint density at radius 3 is 2.50 bits per heavy atom. The fourth-order valence-electron chi connectivity index (χ4n) is 0.772. The van der Waals surface area contributed by atoms with Crippen LogP contribution in [0.15, 0.2) is 6.07 Å². The summed E-state index contributed by atoms with van der Waals surface area (Å²) in [6, 6.07) is 1.61. The standard InChI is InChI=1S/C6H12N6/c1-12(2)11-5-3-4(7)9-6(8)10-5/h3H,1-2H3,(H5,7,8,9,10,11). The number of aromatic nitrogens is 2. The van der Waals surface area contributed by atoms with Crippen LogP contribution in [-0.2, 0) is 0 Å². The van der Waals surface area contributed by atoms with Gasteiger partial charge in [0.1, 0.15) is 11.6 Å². The van der Waals surface area contributed by atoms with E-state index in [0.29, 0.717) is 11.6 Å². The Bertz CT molecular complexity index is 250. The summed E-state index contributed by atoms with van der Waals surface area (Å²) in [5.74, 6) is 1.11. The lowest BCUT2D eigenvalue weighted by Gasteiger charge is -2.12. The van der Waals surface area contributed by atoms with Crippen molar-refractivity contribution >= 4 is 17.6 Å². The van der Waals surface area contributed by atoms with Gasteiger partial charge in [0, 0.05) is 20.2 Å². The predicted molar refractivity (Wildman–Crippen MR) is 48.2 cm³/mol. The van der Waals surface area contributed by atoms with Crippen LogP contribution < -0.4 is 16.9 Å². The summed E-state index contributed by atoms with van der Waals surface area (Å²) in [5.41, 5.74) is 13.7. The smallest absolute Gasteiger partial charge is 0.223 e. The molecule has 1 aromatic heterocycles. The molecule has 1 heterocycles. The first-order chi connectivity index (χ1) is 5.58. The summed E-state index contributed by atoms with van der Waals surface area (Å²) >= 11 is 0. The normalized spacial score (nSPS) is 10.2. The van der Waals surface area contributed by atoms with Gasteiger partial charge in [-0.2, -0.15) is 9.97 Å². The van der Waals surface area contributed by atoms with Crippen molar-refractivity contribution in [1.82, 2.24) is 15.0 Å². The van der Waals surface area contributed by atoms with E-state index < -0.39 is 0 Å². The molecule has 0 saturated carbocycles. The molecule has 0 fully saturated rings. The largest absolute Gasteiger partial charge is 0.383 e. The zero-order valence-corrected chi connectivity index (χ0v) is 7.07. The molecule has 0 aliphatic heterocycles. The zero-order chi connectivity index (χ0) is 9.14. The fraction of sp³-hybridized carbons (Fsp3) is 0.333. The Morgan fingerprint density at radius 1 is 1.33 bits per heavy atom. The number of nitrogens with one attached hydrogen (secondary N) is 1. The average Bonchev–Trinajstić information content (AvgIpc) is 1.81. The average molecular weight is 168 g/mol. The molecule has 12 heavy (non-hydrogen) atoms. The van der Waals surface area contributed by atoms with Crippen molar-refractivity contribution in [1.29, 1.82) is 0 Å². The number of hydrogen-bond donors (Lipinski definition) is 3. The molecule has 0 radical (unpaired) electrons. The number of hydrazine groups is 1. The zero-order valence-electron chi connectivity index (χ0n) is 7.07. The van der Waals surface area contributed by atoms with Gasteiger partial charge >= 0.3 is 0 Å². The second-order valence-corrected chi connectivity index (χ2v) is 2.54. The van der Waals surface area contributed by atoms with Crippen molar-refractivity contribution in [3.8, 4) is 0 Å². The van der Waals surface area contributed by atoms with Crippen LogP contribution >= 0.6 is 0 Å². The highest BCUT2D eigenvalue weighted by Gasteiger charge is 1.98. The third-order valence-electron chi connectivity index (χ3n) is 1.10. The Kier molecular flexibility index (Phi) is 2.29. The molecule has 0 saturated heterocycles. The van der Waals surface area contributed by atoms with Gasteiger partial charge in [-0.1, -0.05) is 0 Å². The quantitative estimate of drug-likeness (QED) is 0.517. The molecular weight excluding hydrogens is 156 g/mol. The molecule has 0 aliphatic carbocycles. The van der Waals surface area contributed by atoms with Crippen LogP contribution in [0.2, 0.25) is 0 Å². The van der Waals surface area contributed by atoms with Gasteiger partial charge in [0.2, 0.25) is 5.95 Å². The maximum Gasteiger partial charge on any atom is 0.223 e. The lowest BCUT2D eigenvalue weighted by molar-refractivity contribution is 0.492. The van der Waals surface area contributed by atoms with Crippen LogP contribution in [0.1, 0.15) is 0 Å². The SMILES string of the molecule is CN(C)Nc1cc(N)nc(N)n1. The number of anilines is 3.